The fraction of sp³-hybridized carbons (Fsp3) is 0.0476. The number of fused-ring (bicyclic) bond motifs is 6. The largest absolute Gasteiger partial charge is 0.460 e. The van der Waals surface area contributed by atoms with Crippen LogP contribution in [0.5, 0.6) is 0 Å². The van der Waals surface area contributed by atoms with Crippen molar-refractivity contribution in [1.82, 2.24) is 0 Å². The highest BCUT2D eigenvalue weighted by Gasteiger charge is 2.21. The van der Waals surface area contributed by atoms with Crippen LogP contribution in [0.4, 0.5) is 0 Å². The first-order valence-electron chi connectivity index (χ1n) is 15.1. The maximum absolute atomic E-state index is 6.27. The van der Waals surface area contributed by atoms with Crippen molar-refractivity contribution >= 4 is 49.4 Å². The van der Waals surface area contributed by atoms with Crippen LogP contribution in [0.25, 0.3) is 82.7 Å². The van der Waals surface area contributed by atoms with Gasteiger partial charge in [0, 0.05) is 17.4 Å². The minimum atomic E-state index is 0.965. The van der Waals surface area contributed by atoms with E-state index in [2.05, 4.69) is 146 Å². The number of benzene rings is 7. The van der Waals surface area contributed by atoms with Gasteiger partial charge < -0.3 is 4.42 Å². The van der Waals surface area contributed by atoms with E-state index in [1.54, 1.807) is 0 Å². The Morgan fingerprint density at radius 1 is 0.465 bits per heavy atom. The Labute approximate surface area is 250 Å². The Morgan fingerprint density at radius 2 is 1.07 bits per heavy atom. The van der Waals surface area contributed by atoms with Crippen LogP contribution in [0, 0.1) is 0 Å². The van der Waals surface area contributed by atoms with E-state index < -0.39 is 0 Å². The van der Waals surface area contributed by atoms with E-state index in [4.69, 9.17) is 4.42 Å². The predicted molar refractivity (Wildman–Crippen MR) is 182 cm³/mol. The molecule has 0 aliphatic heterocycles. The molecule has 0 radical (unpaired) electrons. The van der Waals surface area contributed by atoms with E-state index in [1.165, 1.54) is 76.6 Å². The maximum Gasteiger partial charge on any atom is 0.134 e. The average Bonchev–Trinajstić information content (AvgIpc) is 3.45. The summed E-state index contributed by atoms with van der Waals surface area (Å²) in [5, 5.41) is 8.77. The number of hydrogen-bond donors (Lipinski definition) is 0. The molecule has 0 amide bonds. The van der Waals surface area contributed by atoms with E-state index in [9.17, 15) is 0 Å². The SMILES string of the molecule is C1=Cc2c(oc3ccc(-c4c5ccccc5c(-c5ccccc5-c5cccc6ccccc56)c5ccccc45)cc23)CC1. The number of aryl methyl sites for hydroxylation is 1. The second-order valence-electron chi connectivity index (χ2n) is 11.5. The summed E-state index contributed by atoms with van der Waals surface area (Å²) in [6.07, 6.45) is 6.50. The highest BCUT2D eigenvalue weighted by atomic mass is 16.3. The third kappa shape index (κ3) is 3.72. The molecule has 1 aromatic heterocycles. The molecule has 1 heterocycles. The number of allylic oxidation sites excluding steroid dienone is 1. The summed E-state index contributed by atoms with van der Waals surface area (Å²) in [7, 11) is 0. The Bertz CT molecular complexity index is 2340. The van der Waals surface area contributed by atoms with Crippen molar-refractivity contribution in [2.75, 3.05) is 0 Å². The molecule has 1 aliphatic carbocycles. The second kappa shape index (κ2) is 9.58. The molecule has 0 bridgehead atoms. The highest BCUT2D eigenvalue weighted by Crippen LogP contribution is 2.47. The first kappa shape index (κ1) is 24.2. The third-order valence-electron chi connectivity index (χ3n) is 9.12. The first-order valence-corrected chi connectivity index (χ1v) is 15.1. The molecule has 0 atom stereocenters. The Balaban J connectivity index is 1.37. The summed E-state index contributed by atoms with van der Waals surface area (Å²) in [6.45, 7) is 0. The molecule has 0 N–H and O–H groups in total. The fourth-order valence-corrected chi connectivity index (χ4v) is 7.23. The summed E-state index contributed by atoms with van der Waals surface area (Å²) >= 11 is 0. The highest BCUT2D eigenvalue weighted by molar-refractivity contribution is 6.23. The van der Waals surface area contributed by atoms with Gasteiger partial charge in [0.1, 0.15) is 11.3 Å². The van der Waals surface area contributed by atoms with Crippen LogP contribution in [-0.4, -0.2) is 0 Å². The van der Waals surface area contributed by atoms with Gasteiger partial charge in [-0.25, -0.2) is 0 Å². The summed E-state index contributed by atoms with van der Waals surface area (Å²) < 4.78 is 6.27. The van der Waals surface area contributed by atoms with Gasteiger partial charge >= 0.3 is 0 Å². The molecule has 1 heteroatoms. The molecule has 0 saturated carbocycles. The lowest BCUT2D eigenvalue weighted by atomic mass is 9.83. The Morgan fingerprint density at radius 3 is 1.84 bits per heavy atom. The van der Waals surface area contributed by atoms with E-state index in [-0.39, 0.29) is 0 Å². The van der Waals surface area contributed by atoms with Crippen molar-refractivity contribution in [3.05, 3.63) is 151 Å². The number of furan rings is 1. The zero-order valence-corrected chi connectivity index (χ0v) is 23.7. The van der Waals surface area contributed by atoms with Gasteiger partial charge in [-0.1, -0.05) is 133 Å². The van der Waals surface area contributed by atoms with Gasteiger partial charge in [0.05, 0.1) is 0 Å². The zero-order valence-electron chi connectivity index (χ0n) is 23.7. The lowest BCUT2D eigenvalue weighted by molar-refractivity contribution is 0.546. The summed E-state index contributed by atoms with van der Waals surface area (Å²) in [5.74, 6) is 1.10. The van der Waals surface area contributed by atoms with Gasteiger partial charge in [0.15, 0.2) is 0 Å². The molecule has 43 heavy (non-hydrogen) atoms. The van der Waals surface area contributed by atoms with E-state index in [1.807, 2.05) is 0 Å². The van der Waals surface area contributed by atoms with Crippen LogP contribution in [-0.2, 0) is 6.42 Å². The van der Waals surface area contributed by atoms with Gasteiger partial charge in [0.25, 0.3) is 0 Å². The molecule has 0 fully saturated rings. The van der Waals surface area contributed by atoms with Crippen LogP contribution >= 0.6 is 0 Å². The van der Waals surface area contributed by atoms with E-state index >= 15 is 0 Å². The summed E-state index contributed by atoms with van der Waals surface area (Å²) in [6, 6.07) is 48.8. The predicted octanol–water partition coefficient (Wildman–Crippen LogP) is 11.9. The molecule has 0 spiro atoms. The minimum absolute atomic E-state index is 0.965. The Hall–Kier alpha value is -5.40. The smallest absolute Gasteiger partial charge is 0.134 e. The van der Waals surface area contributed by atoms with Crippen LogP contribution in [0.15, 0.2) is 144 Å². The molecular formula is C42H28O. The van der Waals surface area contributed by atoms with Crippen LogP contribution in [0.2, 0.25) is 0 Å². The lowest BCUT2D eigenvalue weighted by Crippen LogP contribution is -1.93. The van der Waals surface area contributed by atoms with Crippen molar-refractivity contribution in [2.45, 2.75) is 12.8 Å². The molecule has 202 valence electrons. The van der Waals surface area contributed by atoms with Gasteiger partial charge in [-0.05, 0) is 84.3 Å². The first-order chi connectivity index (χ1) is 21.3. The summed E-state index contributed by atoms with van der Waals surface area (Å²) in [4.78, 5) is 0. The third-order valence-corrected chi connectivity index (χ3v) is 9.12. The fourth-order valence-electron chi connectivity index (χ4n) is 7.23. The molecule has 1 aliphatic rings. The molecule has 0 saturated heterocycles. The van der Waals surface area contributed by atoms with Gasteiger partial charge in [-0.3, -0.25) is 0 Å². The van der Waals surface area contributed by atoms with Crippen LogP contribution in [0.1, 0.15) is 17.7 Å². The normalized spacial score (nSPS) is 12.8. The standard InChI is InChI=1S/C42H28O/c1-2-14-29-27(12-1)13-11-22-30(29)31-15-3-4-17-33(31)42-36-20-7-5-18-34(36)41(35-19-6-8-21-37(35)42)28-24-25-40-38(26-28)32-16-9-10-23-39(32)43-40/h1-9,11-22,24-26H,10,23H2. The second-order valence-corrected chi connectivity index (χ2v) is 11.5. The monoisotopic (exact) mass is 548 g/mol. The van der Waals surface area contributed by atoms with Crippen molar-refractivity contribution in [2.24, 2.45) is 0 Å². The maximum atomic E-state index is 6.27. The molecule has 7 aromatic carbocycles. The zero-order chi connectivity index (χ0) is 28.3. The van der Waals surface area contributed by atoms with Crippen LogP contribution in [0.3, 0.4) is 0 Å². The number of rotatable bonds is 3. The minimum Gasteiger partial charge on any atom is -0.460 e. The van der Waals surface area contributed by atoms with E-state index in [0.717, 1.165) is 24.2 Å². The molecule has 0 unspecified atom stereocenters. The molecular weight excluding hydrogens is 520 g/mol. The van der Waals surface area contributed by atoms with Crippen molar-refractivity contribution in [3.63, 3.8) is 0 Å². The molecule has 8 aromatic rings. The quantitative estimate of drug-likeness (QED) is 0.200. The molecule has 1 nitrogen and oxygen atoms in total. The van der Waals surface area contributed by atoms with Crippen LogP contribution < -0.4 is 0 Å². The average molecular weight is 549 g/mol. The topological polar surface area (TPSA) is 13.1 Å². The lowest BCUT2D eigenvalue weighted by Gasteiger charge is -2.20. The Kier molecular flexibility index (Phi) is 5.39. The van der Waals surface area contributed by atoms with E-state index in [0.29, 0.717) is 0 Å². The van der Waals surface area contributed by atoms with Crippen molar-refractivity contribution in [1.29, 1.82) is 0 Å². The van der Waals surface area contributed by atoms with Crippen molar-refractivity contribution in [3.8, 4) is 33.4 Å². The van der Waals surface area contributed by atoms with Gasteiger partial charge in [0.2, 0.25) is 0 Å². The number of hydrogen-bond acceptors (Lipinski definition) is 1. The molecule has 9 rings (SSSR count). The summed E-state index contributed by atoms with van der Waals surface area (Å²) in [5.41, 5.74) is 9.73. The van der Waals surface area contributed by atoms with Gasteiger partial charge in [-0.15, -0.1) is 0 Å². The van der Waals surface area contributed by atoms with Gasteiger partial charge in [-0.2, -0.15) is 0 Å². The van der Waals surface area contributed by atoms with Crippen molar-refractivity contribution < 1.29 is 4.42 Å².